The van der Waals surface area contributed by atoms with Crippen molar-refractivity contribution < 1.29 is 9.90 Å². The van der Waals surface area contributed by atoms with Crippen molar-refractivity contribution in [1.29, 1.82) is 0 Å². The molecule has 0 bridgehead atoms. The van der Waals surface area contributed by atoms with E-state index in [0.29, 0.717) is 10.9 Å². The average Bonchev–Trinajstić information content (AvgIpc) is 2.45. The zero-order valence-electron chi connectivity index (χ0n) is 10.9. The molecular formula is C13H12BrN3O3S. The Hall–Kier alpha value is -1.67. The molecule has 0 aliphatic rings. The lowest BCUT2D eigenvalue weighted by Crippen LogP contribution is -2.18. The van der Waals surface area contributed by atoms with E-state index in [2.05, 4.69) is 31.1 Å². The van der Waals surface area contributed by atoms with Gasteiger partial charge >= 0.3 is 5.97 Å². The van der Waals surface area contributed by atoms with Crippen molar-refractivity contribution in [3.8, 4) is 0 Å². The van der Waals surface area contributed by atoms with Crippen LogP contribution in [0.1, 0.15) is 17.7 Å². The molecule has 2 rings (SSSR count). The molecule has 2 aromatic rings. The first-order valence-corrected chi connectivity index (χ1v) is 7.87. The second kappa shape index (κ2) is 7.37. The molecule has 0 aliphatic carbocycles. The number of H-pyrrole nitrogens is 1. The van der Waals surface area contributed by atoms with Crippen LogP contribution in [0.2, 0.25) is 0 Å². The monoisotopic (exact) mass is 369 g/mol. The smallest absolute Gasteiger partial charge is 0.303 e. The van der Waals surface area contributed by atoms with Crippen molar-refractivity contribution in [2.75, 3.05) is 0 Å². The van der Waals surface area contributed by atoms with E-state index in [1.807, 2.05) is 24.3 Å². The van der Waals surface area contributed by atoms with Gasteiger partial charge in [0.05, 0.1) is 6.42 Å². The van der Waals surface area contributed by atoms with E-state index in [4.69, 9.17) is 5.11 Å². The fourth-order valence-corrected chi connectivity index (χ4v) is 2.56. The zero-order chi connectivity index (χ0) is 15.2. The maximum absolute atomic E-state index is 11.7. The molecule has 0 radical (unpaired) electrons. The zero-order valence-corrected chi connectivity index (χ0v) is 13.3. The molecule has 1 heterocycles. The van der Waals surface area contributed by atoms with Crippen LogP contribution < -0.4 is 5.56 Å². The lowest BCUT2D eigenvalue weighted by molar-refractivity contribution is -0.136. The number of nitrogens with zero attached hydrogens (tertiary/aromatic N) is 2. The Morgan fingerprint density at radius 1 is 1.29 bits per heavy atom. The first-order chi connectivity index (χ1) is 10.0. The number of thioether (sulfide) groups is 1. The summed E-state index contributed by atoms with van der Waals surface area (Å²) in [7, 11) is 0. The summed E-state index contributed by atoms with van der Waals surface area (Å²) in [6, 6.07) is 7.84. The maximum Gasteiger partial charge on any atom is 0.303 e. The van der Waals surface area contributed by atoms with Crippen LogP contribution in [0.25, 0.3) is 0 Å². The van der Waals surface area contributed by atoms with Crippen LogP contribution in [0.3, 0.4) is 0 Å². The third-order valence-corrected chi connectivity index (χ3v) is 4.07. The third-order valence-electron chi connectivity index (χ3n) is 2.61. The van der Waals surface area contributed by atoms with Crippen LogP contribution in [0.4, 0.5) is 0 Å². The van der Waals surface area contributed by atoms with Gasteiger partial charge in [-0.25, -0.2) is 0 Å². The number of hydrogen-bond donors (Lipinski definition) is 2. The van der Waals surface area contributed by atoms with Gasteiger partial charge in [0, 0.05) is 16.6 Å². The minimum absolute atomic E-state index is 0.0787. The minimum atomic E-state index is -0.968. The minimum Gasteiger partial charge on any atom is -0.481 e. The van der Waals surface area contributed by atoms with Gasteiger partial charge in [0.25, 0.3) is 5.56 Å². The molecule has 0 spiro atoms. The van der Waals surface area contributed by atoms with E-state index >= 15 is 0 Å². The van der Waals surface area contributed by atoms with E-state index in [1.54, 1.807) is 0 Å². The molecule has 0 fully saturated rings. The molecule has 6 nitrogen and oxygen atoms in total. The molecule has 110 valence electrons. The van der Waals surface area contributed by atoms with Crippen LogP contribution >= 0.6 is 27.7 Å². The van der Waals surface area contributed by atoms with Gasteiger partial charge in [0.1, 0.15) is 5.69 Å². The predicted octanol–water partition coefficient (Wildman–Crippen LogP) is 2.24. The number of aryl methyl sites for hydroxylation is 1. The summed E-state index contributed by atoms with van der Waals surface area (Å²) in [6.07, 6.45) is -0.0571. The molecule has 21 heavy (non-hydrogen) atoms. The Morgan fingerprint density at radius 2 is 2.00 bits per heavy atom. The number of carboxylic acid groups (broad SMARTS) is 1. The fraction of sp³-hybridized carbons (Fsp3) is 0.231. The number of aromatic amines is 1. The number of aromatic nitrogens is 3. The first-order valence-electron chi connectivity index (χ1n) is 6.09. The van der Waals surface area contributed by atoms with Crippen LogP contribution in [0.15, 0.2) is 38.7 Å². The van der Waals surface area contributed by atoms with Gasteiger partial charge in [-0.05, 0) is 17.7 Å². The number of rotatable bonds is 6. The standard InChI is InChI=1S/C13H12BrN3O3S/c14-9-3-1-8(2-4-9)7-21-13-15-12(20)10(16-17-13)5-6-11(18)19/h1-4H,5-7H2,(H,18,19)(H,15,17,20). The fourth-order valence-electron chi connectivity index (χ4n) is 1.53. The molecule has 8 heteroatoms. The van der Waals surface area contributed by atoms with Crippen molar-refractivity contribution in [2.24, 2.45) is 0 Å². The van der Waals surface area contributed by atoms with Gasteiger partial charge in [0.15, 0.2) is 5.16 Å². The van der Waals surface area contributed by atoms with Crippen molar-refractivity contribution >= 4 is 33.7 Å². The lowest BCUT2D eigenvalue weighted by atomic mass is 10.2. The molecule has 0 atom stereocenters. The van der Waals surface area contributed by atoms with Crippen molar-refractivity contribution in [2.45, 2.75) is 23.8 Å². The number of halogens is 1. The van der Waals surface area contributed by atoms with E-state index in [9.17, 15) is 9.59 Å². The molecular weight excluding hydrogens is 358 g/mol. The van der Waals surface area contributed by atoms with Gasteiger partial charge in [0.2, 0.25) is 0 Å². The maximum atomic E-state index is 11.7. The Labute approximate surface area is 133 Å². The molecule has 0 saturated carbocycles. The SMILES string of the molecule is O=C(O)CCc1nnc(SCc2ccc(Br)cc2)[nH]c1=O. The van der Waals surface area contributed by atoms with Gasteiger partial charge < -0.3 is 5.11 Å². The second-order valence-corrected chi connectivity index (χ2v) is 6.09. The Balaban J connectivity index is 1.98. The summed E-state index contributed by atoms with van der Waals surface area (Å²) in [6.45, 7) is 0. The Bertz CT molecular complexity index is 688. The molecule has 2 N–H and O–H groups in total. The first kappa shape index (κ1) is 15.7. The lowest BCUT2D eigenvalue weighted by Gasteiger charge is -2.02. The van der Waals surface area contributed by atoms with E-state index in [0.717, 1.165) is 10.0 Å². The number of carbonyl (C=O) groups is 1. The van der Waals surface area contributed by atoms with Crippen molar-refractivity contribution in [1.82, 2.24) is 15.2 Å². The molecule has 1 aromatic carbocycles. The molecule has 0 aliphatic heterocycles. The normalized spacial score (nSPS) is 10.5. The van der Waals surface area contributed by atoms with E-state index in [-0.39, 0.29) is 24.1 Å². The van der Waals surface area contributed by atoms with Gasteiger partial charge in [-0.1, -0.05) is 39.8 Å². The van der Waals surface area contributed by atoms with Gasteiger partial charge in [-0.15, -0.1) is 10.2 Å². The topological polar surface area (TPSA) is 95.9 Å². The van der Waals surface area contributed by atoms with Crippen LogP contribution in [0, 0.1) is 0 Å². The van der Waals surface area contributed by atoms with Crippen LogP contribution in [-0.2, 0) is 17.0 Å². The number of aliphatic carboxylic acids is 1. The molecule has 0 saturated heterocycles. The molecule has 0 amide bonds. The van der Waals surface area contributed by atoms with Crippen LogP contribution in [0.5, 0.6) is 0 Å². The van der Waals surface area contributed by atoms with Crippen LogP contribution in [-0.4, -0.2) is 26.3 Å². The molecule has 1 aromatic heterocycles. The highest BCUT2D eigenvalue weighted by atomic mass is 79.9. The number of carboxylic acids is 1. The quantitative estimate of drug-likeness (QED) is 0.758. The Morgan fingerprint density at radius 3 is 2.62 bits per heavy atom. The van der Waals surface area contributed by atoms with Gasteiger partial charge in [-0.2, -0.15) is 0 Å². The van der Waals surface area contributed by atoms with Crippen molar-refractivity contribution in [3.05, 3.63) is 50.3 Å². The highest BCUT2D eigenvalue weighted by molar-refractivity contribution is 9.10. The van der Waals surface area contributed by atoms with E-state index < -0.39 is 5.97 Å². The largest absolute Gasteiger partial charge is 0.481 e. The summed E-state index contributed by atoms with van der Waals surface area (Å²) >= 11 is 4.73. The highest BCUT2D eigenvalue weighted by Crippen LogP contribution is 2.19. The summed E-state index contributed by atoms with van der Waals surface area (Å²) in [5.74, 6) is -0.309. The van der Waals surface area contributed by atoms with Gasteiger partial charge in [-0.3, -0.25) is 14.6 Å². The van der Waals surface area contributed by atoms with E-state index in [1.165, 1.54) is 11.8 Å². The number of nitrogens with one attached hydrogen (secondary N) is 1. The predicted molar refractivity (Wildman–Crippen MR) is 82.3 cm³/mol. The summed E-state index contributed by atoms with van der Waals surface area (Å²) < 4.78 is 1.01. The number of hydrogen-bond acceptors (Lipinski definition) is 5. The average molecular weight is 370 g/mol. The third kappa shape index (κ3) is 4.98. The summed E-state index contributed by atoms with van der Waals surface area (Å²) in [5.41, 5.74) is 0.857. The summed E-state index contributed by atoms with van der Waals surface area (Å²) in [4.78, 5) is 24.8. The molecule has 0 unspecified atom stereocenters. The Kier molecular flexibility index (Phi) is 5.51. The second-order valence-electron chi connectivity index (χ2n) is 4.21. The summed E-state index contributed by atoms with van der Waals surface area (Å²) in [5, 5.41) is 16.7. The van der Waals surface area contributed by atoms with Crippen molar-refractivity contribution in [3.63, 3.8) is 0 Å². The highest BCUT2D eigenvalue weighted by Gasteiger charge is 2.07. The number of benzene rings is 1.